The number of aliphatic hydroxyl groups excluding tert-OH is 20. The van der Waals surface area contributed by atoms with Gasteiger partial charge in [0.1, 0.15) is 0 Å². The lowest BCUT2D eigenvalue weighted by Crippen LogP contribution is -2.37. The lowest BCUT2D eigenvalue weighted by atomic mass is 9.93. The second kappa shape index (κ2) is 92.9. The summed E-state index contributed by atoms with van der Waals surface area (Å²) in [6, 6.07) is 0. The van der Waals surface area contributed by atoms with Gasteiger partial charge in [-0.3, -0.25) is 0 Å². The van der Waals surface area contributed by atoms with E-state index in [1.54, 1.807) is 0 Å². The van der Waals surface area contributed by atoms with Gasteiger partial charge < -0.3 is 163 Å². The van der Waals surface area contributed by atoms with Crippen LogP contribution in [0.5, 0.6) is 0 Å². The van der Waals surface area contributed by atoms with E-state index in [4.69, 9.17) is 163 Å². The van der Waals surface area contributed by atoms with Gasteiger partial charge in [0.15, 0.2) is 0 Å². The highest BCUT2D eigenvalue weighted by molar-refractivity contribution is 5.88. The predicted molar refractivity (Wildman–Crippen MR) is 423 cm³/mol. The molecular formula is C73H132O44. The number of aliphatic hydroxyl groups is 20. The van der Waals surface area contributed by atoms with Crippen molar-refractivity contribution in [3.63, 3.8) is 0 Å². The molecule has 0 spiro atoms. The van der Waals surface area contributed by atoms with Gasteiger partial charge in [-0.15, -0.1) is 0 Å². The van der Waals surface area contributed by atoms with Gasteiger partial charge in [0.25, 0.3) is 0 Å². The van der Waals surface area contributed by atoms with Gasteiger partial charge in [-0.1, -0.05) is 78.9 Å². The summed E-state index contributed by atoms with van der Waals surface area (Å²) in [5.41, 5.74) is -3.44. The normalized spacial score (nSPS) is 9.23. The molecule has 0 radical (unpaired) electrons. The van der Waals surface area contributed by atoms with Crippen LogP contribution in [0.3, 0.4) is 0 Å². The van der Waals surface area contributed by atoms with Gasteiger partial charge in [-0.2, -0.15) is 0 Å². The van der Waals surface area contributed by atoms with E-state index >= 15 is 0 Å². The zero-order chi connectivity index (χ0) is 98.5. The van der Waals surface area contributed by atoms with Crippen LogP contribution in [0.25, 0.3) is 0 Å². The van der Waals surface area contributed by atoms with Gasteiger partial charge in [0.05, 0.1) is 159 Å². The van der Waals surface area contributed by atoms with Crippen LogP contribution in [-0.4, -0.2) is 367 Å². The maximum Gasteiger partial charge on any atom is 0.330 e. The van der Waals surface area contributed by atoms with Crippen LogP contribution in [0, 0.1) is 27.1 Å². The standard InChI is InChI=1S/5C5H12O4.12C4H6O2/c5*6-1-5(2-7,3-8)4-9;12*1-3(2)4(5)6/h5*6-9H,1-4H2;12*1H2,2H3,(H,5,6). The van der Waals surface area contributed by atoms with Crippen LogP contribution >= 0.6 is 0 Å². The first-order valence-corrected chi connectivity index (χ1v) is 31.8. The van der Waals surface area contributed by atoms with Crippen LogP contribution in [0.2, 0.25) is 0 Å². The van der Waals surface area contributed by atoms with Gasteiger partial charge in [-0.05, 0) is 83.1 Å². The van der Waals surface area contributed by atoms with Crippen LogP contribution in [0.4, 0.5) is 0 Å². The highest BCUT2D eigenvalue weighted by Gasteiger charge is 2.29. The maximum atomic E-state index is 9.60. The Bertz CT molecular complexity index is 2070. The number of hydrogen-bond acceptors (Lipinski definition) is 32. The highest BCUT2D eigenvalue weighted by atomic mass is 16.4. The number of hydrogen-bond donors (Lipinski definition) is 32. The summed E-state index contributed by atoms with van der Waals surface area (Å²) in [6.45, 7) is 47.1. The molecule has 0 rings (SSSR count). The second-order valence-electron chi connectivity index (χ2n) is 23.7. The molecule has 0 amide bonds. The molecule has 0 atom stereocenters. The molecule has 0 fully saturated rings. The van der Waals surface area contributed by atoms with E-state index in [-0.39, 0.29) is 66.9 Å². The Morgan fingerprint density at radius 3 is 0.162 bits per heavy atom. The van der Waals surface area contributed by atoms with Crippen molar-refractivity contribution < 1.29 is 221 Å². The zero-order valence-corrected chi connectivity index (χ0v) is 68.3. The monoisotopic (exact) mass is 1710 g/mol. The van der Waals surface area contributed by atoms with Crippen molar-refractivity contribution in [3.8, 4) is 0 Å². The van der Waals surface area contributed by atoms with Crippen molar-refractivity contribution in [3.05, 3.63) is 146 Å². The molecule has 0 aliphatic rings. The summed E-state index contributed by atoms with van der Waals surface area (Å²) in [4.78, 5) is 115. The number of carboxylic acid groups (broad SMARTS) is 12. The number of aliphatic carboxylic acids is 12. The number of carbonyl (C=O) groups is 12. The minimum Gasteiger partial charge on any atom is -0.478 e. The van der Waals surface area contributed by atoms with Crippen molar-refractivity contribution >= 4 is 71.6 Å². The summed E-state index contributed by atoms with van der Waals surface area (Å²) in [5.74, 6) is -11.2. The lowest BCUT2D eigenvalue weighted by Gasteiger charge is -2.23. The Labute approximate surface area is 678 Å². The van der Waals surface area contributed by atoms with Crippen LogP contribution in [0.15, 0.2) is 146 Å². The summed E-state index contributed by atoms with van der Waals surface area (Å²) in [6.07, 6.45) is 0. The Morgan fingerprint density at radius 2 is 0.162 bits per heavy atom. The summed E-state index contributed by atoms with van der Waals surface area (Å²) in [5, 5.41) is 265. The molecule has 0 saturated heterocycles. The minimum atomic E-state index is -1.11. The van der Waals surface area contributed by atoms with Crippen molar-refractivity contribution in [1.29, 1.82) is 0 Å². The molecule has 0 aromatic heterocycles. The van der Waals surface area contributed by atoms with Crippen LogP contribution in [0.1, 0.15) is 83.1 Å². The zero-order valence-electron chi connectivity index (χ0n) is 68.3. The third-order valence-corrected chi connectivity index (χ3v) is 11.1. The molecule has 0 aromatic carbocycles. The molecule has 117 heavy (non-hydrogen) atoms. The molecule has 44 heteroatoms. The Morgan fingerprint density at radius 1 is 0.137 bits per heavy atom. The Hall–Kier alpha value is -10.3. The van der Waals surface area contributed by atoms with E-state index < -0.39 is 231 Å². The lowest BCUT2D eigenvalue weighted by molar-refractivity contribution is -0.133. The third-order valence-electron chi connectivity index (χ3n) is 11.1. The second-order valence-corrected chi connectivity index (χ2v) is 23.7. The predicted octanol–water partition coefficient (Wildman–Crippen LogP) is -2.52. The fraction of sp³-hybridized carbons (Fsp3) is 0.507. The summed E-state index contributed by atoms with van der Waals surface area (Å²) >= 11 is 0. The minimum absolute atomic E-state index is 0.176. The number of rotatable bonds is 32. The average molecular weight is 1710 g/mol. The van der Waals surface area contributed by atoms with E-state index in [2.05, 4.69) is 78.9 Å². The molecule has 0 aliphatic carbocycles. The smallest absolute Gasteiger partial charge is 0.330 e. The highest BCUT2D eigenvalue weighted by Crippen LogP contribution is 2.15. The maximum absolute atomic E-state index is 9.60. The molecule has 0 bridgehead atoms. The fourth-order valence-electron chi connectivity index (χ4n) is 1.50. The molecule has 44 nitrogen and oxygen atoms in total. The Kier molecular flexibility index (Phi) is 118. The Balaban J connectivity index is -0.0000000607. The largest absolute Gasteiger partial charge is 0.478 e. The molecule has 0 aromatic rings. The van der Waals surface area contributed by atoms with E-state index in [1.165, 1.54) is 83.1 Å². The first-order valence-electron chi connectivity index (χ1n) is 31.8. The molecule has 0 aliphatic heterocycles. The van der Waals surface area contributed by atoms with Crippen molar-refractivity contribution in [2.24, 2.45) is 27.1 Å². The average Bonchev–Trinajstić information content (AvgIpc) is 0.937. The first kappa shape index (κ1) is 148. The van der Waals surface area contributed by atoms with E-state index in [0.29, 0.717) is 0 Å². The van der Waals surface area contributed by atoms with Gasteiger partial charge >= 0.3 is 71.6 Å². The quantitative estimate of drug-likeness (QED) is 0.0309. The first-order chi connectivity index (χ1) is 52.9. The third kappa shape index (κ3) is 119. The summed E-state index contributed by atoms with van der Waals surface area (Å²) in [7, 11) is 0. The van der Waals surface area contributed by atoms with Crippen LogP contribution < -0.4 is 0 Å². The molecule has 0 heterocycles. The van der Waals surface area contributed by atoms with Gasteiger partial charge in [0, 0.05) is 66.9 Å². The summed E-state index contributed by atoms with van der Waals surface area (Å²) < 4.78 is 0. The van der Waals surface area contributed by atoms with Crippen molar-refractivity contribution in [2.75, 3.05) is 132 Å². The van der Waals surface area contributed by atoms with E-state index in [1.807, 2.05) is 0 Å². The number of carboxylic acids is 12. The van der Waals surface area contributed by atoms with Gasteiger partial charge in [-0.25, -0.2) is 57.5 Å². The molecule has 688 valence electrons. The molecule has 32 N–H and O–H groups in total. The molecule has 0 saturated carbocycles. The SMILES string of the molecule is C=C(C)C(=O)O.C=C(C)C(=O)O.C=C(C)C(=O)O.C=C(C)C(=O)O.C=C(C)C(=O)O.C=C(C)C(=O)O.C=C(C)C(=O)O.C=C(C)C(=O)O.C=C(C)C(=O)O.C=C(C)C(=O)O.C=C(C)C(=O)O.C=C(C)C(=O)O.OCC(CO)(CO)CO.OCC(CO)(CO)CO.OCC(CO)(CO)CO.OCC(CO)(CO)CO.OCC(CO)(CO)CO. The van der Waals surface area contributed by atoms with Crippen LogP contribution in [-0.2, 0) is 57.5 Å². The molecular weight excluding hydrogens is 1580 g/mol. The van der Waals surface area contributed by atoms with Crippen molar-refractivity contribution in [2.45, 2.75) is 83.1 Å². The molecule has 0 unspecified atom stereocenters. The van der Waals surface area contributed by atoms with Gasteiger partial charge in [0.2, 0.25) is 0 Å². The van der Waals surface area contributed by atoms with E-state index in [9.17, 15) is 57.5 Å². The topological polar surface area (TPSA) is 852 Å². The fourth-order valence-corrected chi connectivity index (χ4v) is 1.50. The van der Waals surface area contributed by atoms with E-state index in [0.717, 1.165) is 0 Å². The van der Waals surface area contributed by atoms with Crippen molar-refractivity contribution in [1.82, 2.24) is 0 Å².